The van der Waals surface area contributed by atoms with Crippen LogP contribution in [0.25, 0.3) is 11.0 Å². The van der Waals surface area contributed by atoms with Crippen LogP contribution >= 0.6 is 0 Å². The van der Waals surface area contributed by atoms with E-state index in [-0.39, 0.29) is 18.6 Å². The van der Waals surface area contributed by atoms with E-state index < -0.39 is 0 Å². The van der Waals surface area contributed by atoms with Gasteiger partial charge < -0.3 is 20.7 Å². The van der Waals surface area contributed by atoms with Gasteiger partial charge in [-0.1, -0.05) is 24.3 Å². The van der Waals surface area contributed by atoms with Crippen molar-refractivity contribution < 1.29 is 9.90 Å². The Hall–Kier alpha value is -2.86. The predicted octanol–water partition coefficient (Wildman–Crippen LogP) is 2.07. The topological polar surface area (TPSA) is 90.0 Å². The number of aliphatic hydroxyl groups is 1. The van der Waals surface area contributed by atoms with Crippen molar-refractivity contribution in [2.45, 2.75) is 6.04 Å². The number of benzene rings is 2. The molecule has 4 N–H and O–H groups in total. The van der Waals surface area contributed by atoms with E-state index in [4.69, 9.17) is 0 Å². The molecule has 0 aliphatic rings. The van der Waals surface area contributed by atoms with Gasteiger partial charge in [-0.2, -0.15) is 0 Å². The van der Waals surface area contributed by atoms with Gasteiger partial charge in [0, 0.05) is 12.6 Å². The Kier molecular flexibility index (Phi) is 4.25. The summed E-state index contributed by atoms with van der Waals surface area (Å²) in [5.41, 5.74) is 3.25. The minimum atomic E-state index is -0.311. The molecular formula is C17H18N4O2. The van der Waals surface area contributed by atoms with E-state index in [0.29, 0.717) is 11.5 Å². The summed E-state index contributed by atoms with van der Waals surface area (Å²) in [7, 11) is 1.59. The third kappa shape index (κ3) is 3.17. The van der Waals surface area contributed by atoms with Crippen LogP contribution in [0.2, 0.25) is 0 Å². The van der Waals surface area contributed by atoms with Crippen LogP contribution in [-0.2, 0) is 0 Å². The molecule has 0 aliphatic heterocycles. The molecule has 3 rings (SSSR count). The van der Waals surface area contributed by atoms with Crippen LogP contribution in [0.3, 0.4) is 0 Å². The zero-order valence-corrected chi connectivity index (χ0v) is 12.7. The van der Waals surface area contributed by atoms with Crippen LogP contribution in [0.5, 0.6) is 0 Å². The van der Waals surface area contributed by atoms with Crippen molar-refractivity contribution in [3.05, 3.63) is 59.7 Å². The second-order valence-corrected chi connectivity index (χ2v) is 5.18. The maximum atomic E-state index is 11.6. The number of nitrogens with zero attached hydrogens (tertiary/aromatic N) is 1. The van der Waals surface area contributed by atoms with Crippen molar-refractivity contribution in [3.8, 4) is 0 Å². The van der Waals surface area contributed by atoms with Gasteiger partial charge in [-0.05, 0) is 29.8 Å². The first-order chi connectivity index (χ1) is 11.2. The average Bonchev–Trinajstić information content (AvgIpc) is 3.01. The summed E-state index contributed by atoms with van der Waals surface area (Å²) >= 11 is 0. The molecule has 3 aromatic rings. The zero-order chi connectivity index (χ0) is 16.2. The van der Waals surface area contributed by atoms with E-state index in [1.807, 2.05) is 36.4 Å². The predicted molar refractivity (Wildman–Crippen MR) is 89.4 cm³/mol. The summed E-state index contributed by atoms with van der Waals surface area (Å²) in [6, 6.07) is 14.5. The quantitative estimate of drug-likeness (QED) is 0.581. The van der Waals surface area contributed by atoms with E-state index in [0.717, 1.165) is 16.6 Å². The Morgan fingerprint density at radius 1 is 1.22 bits per heavy atom. The molecule has 1 heterocycles. The van der Waals surface area contributed by atoms with Crippen molar-refractivity contribution in [1.82, 2.24) is 15.3 Å². The highest BCUT2D eigenvalue weighted by atomic mass is 16.3. The van der Waals surface area contributed by atoms with Gasteiger partial charge in [-0.3, -0.25) is 4.79 Å². The maximum Gasteiger partial charge on any atom is 0.251 e. The van der Waals surface area contributed by atoms with E-state index in [9.17, 15) is 9.90 Å². The van der Waals surface area contributed by atoms with Crippen molar-refractivity contribution in [1.29, 1.82) is 0 Å². The molecule has 0 fully saturated rings. The Morgan fingerprint density at radius 2 is 1.96 bits per heavy atom. The molecule has 23 heavy (non-hydrogen) atoms. The third-order valence-corrected chi connectivity index (χ3v) is 3.69. The first-order valence-corrected chi connectivity index (χ1v) is 7.35. The smallest absolute Gasteiger partial charge is 0.251 e. The van der Waals surface area contributed by atoms with Crippen LogP contribution in [0.15, 0.2) is 48.5 Å². The van der Waals surface area contributed by atoms with Crippen LogP contribution in [0.1, 0.15) is 22.0 Å². The number of nitrogens with one attached hydrogen (secondary N) is 3. The SMILES string of the molecule is CNC(=O)c1ccc(C(CO)Nc2nc3ccccc3[nH]2)cc1. The van der Waals surface area contributed by atoms with Gasteiger partial charge in [0.05, 0.1) is 23.7 Å². The number of H-pyrrole nitrogens is 1. The molecule has 0 bridgehead atoms. The molecule has 2 aromatic carbocycles. The molecule has 6 nitrogen and oxygen atoms in total. The molecule has 6 heteroatoms. The summed E-state index contributed by atoms with van der Waals surface area (Å²) in [5.74, 6) is 0.461. The molecule has 1 unspecified atom stereocenters. The van der Waals surface area contributed by atoms with Crippen LogP contribution in [0, 0.1) is 0 Å². The van der Waals surface area contributed by atoms with Gasteiger partial charge in [0.25, 0.3) is 5.91 Å². The molecular weight excluding hydrogens is 292 g/mol. The normalized spacial score (nSPS) is 12.1. The van der Waals surface area contributed by atoms with Crippen LogP contribution in [-0.4, -0.2) is 34.6 Å². The fourth-order valence-corrected chi connectivity index (χ4v) is 2.43. The molecule has 118 valence electrons. The Balaban J connectivity index is 1.80. The number of hydrogen-bond acceptors (Lipinski definition) is 4. The number of aromatic amines is 1. The highest BCUT2D eigenvalue weighted by Gasteiger charge is 2.13. The van der Waals surface area contributed by atoms with Gasteiger partial charge in [0.1, 0.15) is 0 Å². The molecule has 0 spiro atoms. The number of imidazole rings is 1. The van der Waals surface area contributed by atoms with E-state index in [1.54, 1.807) is 19.2 Å². The maximum absolute atomic E-state index is 11.6. The monoisotopic (exact) mass is 310 g/mol. The number of para-hydroxylation sites is 2. The molecule has 0 saturated heterocycles. The summed E-state index contributed by atoms with van der Waals surface area (Å²) in [6.07, 6.45) is 0. The fraction of sp³-hybridized carbons (Fsp3) is 0.176. The first kappa shape index (κ1) is 15.1. The summed E-state index contributed by atoms with van der Waals surface area (Å²) in [5, 5.41) is 15.4. The molecule has 1 amide bonds. The van der Waals surface area contributed by atoms with E-state index in [2.05, 4.69) is 20.6 Å². The Morgan fingerprint density at radius 3 is 2.61 bits per heavy atom. The van der Waals surface area contributed by atoms with E-state index in [1.165, 1.54) is 0 Å². The number of rotatable bonds is 5. The minimum absolute atomic E-state index is 0.0869. The highest BCUT2D eigenvalue weighted by molar-refractivity contribution is 5.93. The standard InChI is InChI=1S/C17H18N4O2/c1-18-16(23)12-8-6-11(7-9-12)15(10-22)21-17-19-13-4-2-3-5-14(13)20-17/h2-9,15,22H,10H2,1H3,(H,18,23)(H2,19,20,21). The number of amides is 1. The fourth-order valence-electron chi connectivity index (χ4n) is 2.43. The second kappa shape index (κ2) is 6.50. The largest absolute Gasteiger partial charge is 0.394 e. The van der Waals surface area contributed by atoms with Gasteiger partial charge >= 0.3 is 0 Å². The lowest BCUT2D eigenvalue weighted by Gasteiger charge is -2.16. The summed E-state index contributed by atoms with van der Waals surface area (Å²) < 4.78 is 0. The van der Waals surface area contributed by atoms with Gasteiger partial charge in [-0.25, -0.2) is 4.98 Å². The lowest BCUT2D eigenvalue weighted by Crippen LogP contribution is -2.19. The molecule has 1 atom stereocenters. The second-order valence-electron chi connectivity index (χ2n) is 5.18. The number of aromatic nitrogens is 2. The molecule has 0 aliphatic carbocycles. The van der Waals surface area contributed by atoms with Crippen molar-refractivity contribution in [2.75, 3.05) is 19.0 Å². The minimum Gasteiger partial charge on any atom is -0.394 e. The zero-order valence-electron chi connectivity index (χ0n) is 12.7. The van der Waals surface area contributed by atoms with Gasteiger partial charge in [0.15, 0.2) is 0 Å². The lowest BCUT2D eigenvalue weighted by molar-refractivity contribution is 0.0963. The number of anilines is 1. The number of carbonyl (C=O) groups excluding carboxylic acids is 1. The number of hydrogen-bond donors (Lipinski definition) is 4. The number of fused-ring (bicyclic) bond motifs is 1. The van der Waals surface area contributed by atoms with Crippen LogP contribution < -0.4 is 10.6 Å². The molecule has 0 radical (unpaired) electrons. The average molecular weight is 310 g/mol. The van der Waals surface area contributed by atoms with Crippen molar-refractivity contribution in [2.24, 2.45) is 0 Å². The van der Waals surface area contributed by atoms with Crippen molar-refractivity contribution >= 4 is 22.9 Å². The molecule has 0 saturated carbocycles. The molecule has 1 aromatic heterocycles. The highest BCUT2D eigenvalue weighted by Crippen LogP contribution is 2.20. The first-order valence-electron chi connectivity index (χ1n) is 7.35. The third-order valence-electron chi connectivity index (χ3n) is 3.69. The number of aliphatic hydroxyl groups excluding tert-OH is 1. The Bertz CT molecular complexity index is 778. The summed E-state index contributed by atoms with van der Waals surface area (Å²) in [4.78, 5) is 19.2. The van der Waals surface area contributed by atoms with Gasteiger partial charge in [0.2, 0.25) is 5.95 Å². The lowest BCUT2D eigenvalue weighted by atomic mass is 10.1. The van der Waals surface area contributed by atoms with Gasteiger partial charge in [-0.15, -0.1) is 0 Å². The van der Waals surface area contributed by atoms with Crippen molar-refractivity contribution in [3.63, 3.8) is 0 Å². The number of carbonyl (C=O) groups is 1. The Labute approximate surface area is 133 Å². The summed E-state index contributed by atoms with van der Waals surface area (Å²) in [6.45, 7) is -0.0869. The van der Waals surface area contributed by atoms with E-state index >= 15 is 0 Å². The van der Waals surface area contributed by atoms with Crippen LogP contribution in [0.4, 0.5) is 5.95 Å².